The number of aliphatic carboxylic acids is 1. The molecule has 0 amide bonds. The van der Waals surface area contributed by atoms with Gasteiger partial charge in [-0.05, 0) is 19.3 Å². The molecule has 3 N–H and O–H groups in total. The molecule has 0 bridgehead atoms. The number of ether oxygens (including phenoxy) is 2. The van der Waals surface area contributed by atoms with Crippen molar-refractivity contribution in [2.24, 2.45) is 0 Å². The Hall–Kier alpha value is -1.02. The predicted molar refractivity (Wildman–Crippen MR) is 116 cm³/mol. The van der Waals surface area contributed by atoms with E-state index in [2.05, 4.69) is 17.6 Å². The average Bonchev–Trinajstić information content (AvgIpc) is 2.70. The normalized spacial score (nSPS) is 12.2. The first kappa shape index (κ1) is 28.0. The van der Waals surface area contributed by atoms with Crippen LogP contribution in [-0.4, -0.2) is 63.0 Å². The summed E-state index contributed by atoms with van der Waals surface area (Å²) in [4.78, 5) is 20.7. The Morgan fingerprint density at radius 1 is 0.931 bits per heavy atom. The van der Waals surface area contributed by atoms with Gasteiger partial charge in [-0.25, -0.2) is 0 Å². The molecule has 1 atom stereocenters. The third-order valence-corrected chi connectivity index (χ3v) is 4.81. The zero-order valence-corrected chi connectivity index (χ0v) is 18.5. The van der Waals surface area contributed by atoms with Crippen molar-refractivity contribution in [2.75, 3.05) is 39.6 Å². The molecule has 0 aromatic carbocycles. The number of carboxylic acid groups (broad SMARTS) is 1. The van der Waals surface area contributed by atoms with E-state index in [-0.39, 0.29) is 6.10 Å². The molecule has 0 radical (unpaired) electrons. The predicted octanol–water partition coefficient (Wildman–Crippen LogP) is 3.51. The molecule has 7 heteroatoms. The van der Waals surface area contributed by atoms with Gasteiger partial charge >= 0.3 is 5.97 Å². The van der Waals surface area contributed by atoms with Gasteiger partial charge in [-0.2, -0.15) is 0 Å². The van der Waals surface area contributed by atoms with Crippen LogP contribution in [-0.2, 0) is 19.1 Å². The number of carboxylic acids is 1. The van der Waals surface area contributed by atoms with Crippen LogP contribution in [0.4, 0.5) is 0 Å². The van der Waals surface area contributed by atoms with Crippen LogP contribution in [0.25, 0.3) is 0 Å². The molecule has 0 aliphatic rings. The van der Waals surface area contributed by atoms with E-state index in [9.17, 15) is 9.59 Å². The van der Waals surface area contributed by atoms with Gasteiger partial charge in [0.1, 0.15) is 13.1 Å². The van der Waals surface area contributed by atoms with Gasteiger partial charge < -0.3 is 30.0 Å². The van der Waals surface area contributed by atoms with Gasteiger partial charge in [0.15, 0.2) is 0 Å². The molecule has 0 rings (SSSR count). The van der Waals surface area contributed by atoms with E-state index in [1.165, 1.54) is 32.1 Å². The lowest BCUT2D eigenvalue weighted by Gasteiger charge is -2.18. The van der Waals surface area contributed by atoms with Crippen LogP contribution in [0.15, 0.2) is 0 Å². The fourth-order valence-corrected chi connectivity index (χ4v) is 3.10. The van der Waals surface area contributed by atoms with Crippen molar-refractivity contribution < 1.29 is 24.2 Å². The number of aldehydes is 1. The van der Waals surface area contributed by atoms with Crippen LogP contribution in [0.3, 0.4) is 0 Å². The van der Waals surface area contributed by atoms with Crippen molar-refractivity contribution in [3.8, 4) is 0 Å². The van der Waals surface area contributed by atoms with E-state index >= 15 is 0 Å². The lowest BCUT2D eigenvalue weighted by molar-refractivity contribution is -0.137. The summed E-state index contributed by atoms with van der Waals surface area (Å²) in [6.07, 6.45) is 13.7. The maximum Gasteiger partial charge on any atom is 0.303 e. The van der Waals surface area contributed by atoms with E-state index in [1.807, 2.05) is 0 Å². The molecule has 0 aromatic rings. The van der Waals surface area contributed by atoms with Crippen LogP contribution >= 0.6 is 0 Å². The molecular formula is C22H44N2O5. The largest absolute Gasteiger partial charge is 0.481 e. The van der Waals surface area contributed by atoms with Gasteiger partial charge in [-0.15, -0.1) is 0 Å². The smallest absolute Gasteiger partial charge is 0.303 e. The van der Waals surface area contributed by atoms with Crippen molar-refractivity contribution in [3.05, 3.63) is 0 Å². The third kappa shape index (κ3) is 23.1. The second-order valence-electron chi connectivity index (χ2n) is 7.49. The van der Waals surface area contributed by atoms with Crippen LogP contribution < -0.4 is 10.6 Å². The quantitative estimate of drug-likeness (QED) is 0.126. The first-order valence-corrected chi connectivity index (χ1v) is 11.5. The highest BCUT2D eigenvalue weighted by atomic mass is 16.7. The molecule has 0 saturated heterocycles. The number of hydrogen-bond acceptors (Lipinski definition) is 6. The Morgan fingerprint density at radius 3 is 2.28 bits per heavy atom. The average molecular weight is 417 g/mol. The minimum absolute atomic E-state index is 0.272. The second kappa shape index (κ2) is 23.3. The topological polar surface area (TPSA) is 96.9 Å². The summed E-state index contributed by atoms with van der Waals surface area (Å²) in [6, 6.07) is 0. The molecule has 0 heterocycles. The Labute approximate surface area is 177 Å². The second-order valence-corrected chi connectivity index (χ2v) is 7.49. The number of rotatable bonds is 24. The SMILES string of the molecule is CCCCCC(CCCCCCCCC(=O)O)OCOCCNCCNCC=O. The maximum atomic E-state index is 10.5. The Bertz CT molecular complexity index is 369. The molecule has 0 aliphatic carbocycles. The van der Waals surface area contributed by atoms with Gasteiger partial charge in [-0.1, -0.05) is 58.3 Å². The van der Waals surface area contributed by atoms with E-state index in [1.54, 1.807) is 0 Å². The van der Waals surface area contributed by atoms with Crippen LogP contribution in [0.1, 0.15) is 84.0 Å². The minimum Gasteiger partial charge on any atom is -0.481 e. The van der Waals surface area contributed by atoms with Crippen LogP contribution in [0, 0.1) is 0 Å². The third-order valence-electron chi connectivity index (χ3n) is 4.81. The van der Waals surface area contributed by atoms with Gasteiger partial charge in [0.2, 0.25) is 0 Å². The maximum absolute atomic E-state index is 10.5. The summed E-state index contributed by atoms with van der Waals surface area (Å²) in [5.41, 5.74) is 0. The summed E-state index contributed by atoms with van der Waals surface area (Å²) >= 11 is 0. The number of hydrogen-bond donors (Lipinski definition) is 3. The number of nitrogens with one attached hydrogen (secondary N) is 2. The van der Waals surface area contributed by atoms with Crippen LogP contribution in [0.5, 0.6) is 0 Å². The van der Waals surface area contributed by atoms with E-state index < -0.39 is 5.97 Å². The Kier molecular flexibility index (Phi) is 22.4. The molecule has 0 spiro atoms. The molecule has 0 aliphatic heterocycles. The lowest BCUT2D eigenvalue weighted by Crippen LogP contribution is -2.30. The summed E-state index contributed by atoms with van der Waals surface area (Å²) in [5.74, 6) is -0.693. The van der Waals surface area contributed by atoms with Gasteiger partial charge in [0.05, 0.1) is 19.3 Å². The summed E-state index contributed by atoms with van der Waals surface area (Å²) in [7, 11) is 0. The molecule has 29 heavy (non-hydrogen) atoms. The van der Waals surface area contributed by atoms with E-state index in [4.69, 9.17) is 14.6 Å². The highest BCUT2D eigenvalue weighted by molar-refractivity contribution is 5.66. The van der Waals surface area contributed by atoms with Gasteiger partial charge in [-0.3, -0.25) is 4.79 Å². The fraction of sp³-hybridized carbons (Fsp3) is 0.909. The zero-order valence-electron chi connectivity index (χ0n) is 18.5. The molecule has 1 unspecified atom stereocenters. The molecule has 0 fully saturated rings. The fourth-order valence-electron chi connectivity index (χ4n) is 3.10. The van der Waals surface area contributed by atoms with E-state index in [0.29, 0.717) is 26.4 Å². The summed E-state index contributed by atoms with van der Waals surface area (Å²) in [5, 5.41) is 14.9. The van der Waals surface area contributed by atoms with Crippen molar-refractivity contribution in [1.82, 2.24) is 10.6 Å². The number of carbonyl (C=O) groups is 2. The molecule has 172 valence electrons. The number of unbranched alkanes of at least 4 members (excludes halogenated alkanes) is 7. The van der Waals surface area contributed by atoms with Crippen molar-refractivity contribution >= 4 is 12.3 Å². The highest BCUT2D eigenvalue weighted by Gasteiger charge is 2.09. The van der Waals surface area contributed by atoms with Crippen LogP contribution in [0.2, 0.25) is 0 Å². The Balaban J connectivity index is 3.66. The van der Waals surface area contributed by atoms with E-state index in [0.717, 1.165) is 64.4 Å². The summed E-state index contributed by atoms with van der Waals surface area (Å²) < 4.78 is 11.5. The lowest BCUT2D eigenvalue weighted by atomic mass is 10.0. The van der Waals surface area contributed by atoms with Crippen molar-refractivity contribution in [2.45, 2.75) is 90.1 Å². The number of carbonyl (C=O) groups excluding carboxylic acids is 1. The van der Waals surface area contributed by atoms with Gasteiger partial charge in [0, 0.05) is 26.1 Å². The highest BCUT2D eigenvalue weighted by Crippen LogP contribution is 2.16. The Morgan fingerprint density at radius 2 is 1.59 bits per heavy atom. The summed E-state index contributed by atoms with van der Waals surface area (Å²) in [6.45, 7) is 5.93. The van der Waals surface area contributed by atoms with Gasteiger partial charge in [0.25, 0.3) is 0 Å². The molecule has 7 nitrogen and oxygen atoms in total. The zero-order chi connectivity index (χ0) is 21.4. The first-order chi connectivity index (χ1) is 14.2. The van der Waals surface area contributed by atoms with Crippen molar-refractivity contribution in [3.63, 3.8) is 0 Å². The standard InChI is InChI=1S/C22H44N2O5/c1-2-3-8-11-21(12-9-6-4-5-7-10-13-22(26)27)29-20-28-19-17-24-15-14-23-16-18-25/h18,21,23-24H,2-17,19-20H2,1H3,(H,26,27). The monoisotopic (exact) mass is 416 g/mol. The first-order valence-electron chi connectivity index (χ1n) is 11.5. The molecule has 0 aromatic heterocycles. The molecular weight excluding hydrogens is 372 g/mol. The minimum atomic E-state index is -0.693. The van der Waals surface area contributed by atoms with Crippen molar-refractivity contribution in [1.29, 1.82) is 0 Å². The molecule has 0 saturated carbocycles.